The summed E-state index contributed by atoms with van der Waals surface area (Å²) in [6.45, 7) is 0. The number of hydrogen-bond donors (Lipinski definition) is 1. The molecule has 0 aliphatic rings. The predicted octanol–water partition coefficient (Wildman–Crippen LogP) is 5.02. The fourth-order valence-electron chi connectivity index (χ4n) is 2.27. The number of halogens is 1. The fraction of sp³-hybridized carbons (Fsp3) is 0.118. The maximum Gasteiger partial charge on any atom is 0.248 e. The minimum atomic E-state index is -0.169. The Kier molecular flexibility index (Phi) is 5.13. The van der Waals surface area contributed by atoms with Crippen molar-refractivity contribution in [2.45, 2.75) is 6.42 Å². The molecule has 0 atom stereocenters. The summed E-state index contributed by atoms with van der Waals surface area (Å²) in [4.78, 5) is 19.8. The molecule has 0 aliphatic carbocycles. The van der Waals surface area contributed by atoms with E-state index < -0.39 is 0 Å². The zero-order valence-corrected chi connectivity index (χ0v) is 14.7. The Morgan fingerprint density at radius 1 is 1.13 bits per heavy atom. The molecule has 0 aliphatic heterocycles. The highest BCUT2D eigenvalue weighted by atomic mass is 35.5. The molecule has 23 heavy (non-hydrogen) atoms. The molecule has 1 aromatic carbocycles. The Bertz CT molecular complexity index is 811. The molecule has 1 N–H and O–H groups in total. The number of hydroxylamine groups is 1. The second kappa shape index (κ2) is 7.27. The smallest absolute Gasteiger partial charge is 0.248 e. The van der Waals surface area contributed by atoms with Crippen molar-refractivity contribution in [3.05, 3.63) is 57.7 Å². The Balaban J connectivity index is 2.01. The highest BCUT2D eigenvalue weighted by Gasteiger charge is 2.16. The highest BCUT2D eigenvalue weighted by Crippen LogP contribution is 2.41. The van der Waals surface area contributed by atoms with Gasteiger partial charge >= 0.3 is 0 Å². The molecule has 2 heterocycles. The van der Waals surface area contributed by atoms with Crippen molar-refractivity contribution in [1.29, 1.82) is 0 Å². The van der Waals surface area contributed by atoms with Gasteiger partial charge in [-0.15, -0.1) is 22.7 Å². The molecule has 3 nitrogen and oxygen atoms in total. The van der Waals surface area contributed by atoms with E-state index in [0.29, 0.717) is 0 Å². The number of carbonyl (C=O) groups excluding carboxylic acids is 1. The number of hydrogen-bond acceptors (Lipinski definition) is 4. The van der Waals surface area contributed by atoms with Crippen LogP contribution in [0.1, 0.15) is 4.88 Å². The first-order valence-corrected chi connectivity index (χ1v) is 8.94. The zero-order chi connectivity index (χ0) is 16.2. The topological polar surface area (TPSA) is 38.3 Å². The van der Waals surface area contributed by atoms with Crippen molar-refractivity contribution >= 4 is 40.2 Å². The van der Waals surface area contributed by atoms with Gasteiger partial charge < -0.3 is 0 Å². The molecule has 1 amide bonds. The second-order valence-electron chi connectivity index (χ2n) is 4.82. The van der Waals surface area contributed by atoms with Crippen LogP contribution in [0.2, 0.25) is 4.34 Å². The average molecular weight is 364 g/mol. The van der Waals surface area contributed by atoms with Crippen LogP contribution in [0.15, 0.2) is 48.5 Å². The quantitative estimate of drug-likeness (QED) is 0.646. The van der Waals surface area contributed by atoms with Crippen LogP contribution in [0.3, 0.4) is 0 Å². The van der Waals surface area contributed by atoms with E-state index in [1.54, 1.807) is 11.3 Å². The molecule has 0 fully saturated rings. The fourth-order valence-corrected chi connectivity index (χ4v) is 4.60. The van der Waals surface area contributed by atoms with E-state index in [1.165, 1.54) is 18.4 Å². The number of benzene rings is 1. The molecular formula is C17H14ClNO2S2. The van der Waals surface area contributed by atoms with Gasteiger partial charge in [-0.25, -0.2) is 5.48 Å². The van der Waals surface area contributed by atoms with Crippen LogP contribution in [0.25, 0.3) is 20.9 Å². The summed E-state index contributed by atoms with van der Waals surface area (Å²) >= 11 is 9.20. The molecule has 0 saturated carbocycles. The maximum atomic E-state index is 11.9. The van der Waals surface area contributed by atoms with Gasteiger partial charge in [0.1, 0.15) is 0 Å². The van der Waals surface area contributed by atoms with Crippen molar-refractivity contribution in [2.24, 2.45) is 0 Å². The van der Waals surface area contributed by atoms with E-state index in [9.17, 15) is 4.79 Å². The molecule has 3 aromatic rings. The van der Waals surface area contributed by atoms with Gasteiger partial charge in [0.05, 0.1) is 17.9 Å². The minimum Gasteiger partial charge on any atom is -0.277 e. The van der Waals surface area contributed by atoms with Crippen LogP contribution in [0, 0.1) is 0 Å². The van der Waals surface area contributed by atoms with Crippen molar-refractivity contribution in [3.63, 3.8) is 0 Å². The summed E-state index contributed by atoms with van der Waals surface area (Å²) in [7, 11) is 1.43. The third-order valence-corrected chi connectivity index (χ3v) is 5.69. The van der Waals surface area contributed by atoms with Gasteiger partial charge in [-0.3, -0.25) is 9.63 Å². The summed E-state index contributed by atoms with van der Waals surface area (Å²) < 4.78 is 0.736. The van der Waals surface area contributed by atoms with Crippen LogP contribution in [0.5, 0.6) is 0 Å². The summed E-state index contributed by atoms with van der Waals surface area (Å²) in [5, 5.41) is 0. The zero-order valence-electron chi connectivity index (χ0n) is 12.3. The van der Waals surface area contributed by atoms with E-state index in [-0.39, 0.29) is 12.3 Å². The first-order valence-electron chi connectivity index (χ1n) is 6.93. The summed E-state index contributed by atoms with van der Waals surface area (Å²) in [5.41, 5.74) is 4.56. The highest BCUT2D eigenvalue weighted by molar-refractivity contribution is 7.20. The van der Waals surface area contributed by atoms with E-state index in [0.717, 1.165) is 30.1 Å². The summed E-state index contributed by atoms with van der Waals surface area (Å²) in [6.07, 6.45) is 0.274. The van der Waals surface area contributed by atoms with Crippen molar-refractivity contribution < 1.29 is 9.63 Å². The van der Waals surface area contributed by atoms with Crippen LogP contribution in [-0.2, 0) is 16.1 Å². The SMILES string of the molecule is CONC(=O)Cc1sc(-c2ccccc2)cc1-c1ccc(Cl)s1. The summed E-state index contributed by atoms with van der Waals surface area (Å²) in [6, 6.07) is 16.1. The van der Waals surface area contributed by atoms with E-state index in [2.05, 4.69) is 23.7 Å². The number of amides is 1. The molecule has 0 unspecified atom stereocenters. The first-order chi connectivity index (χ1) is 11.2. The van der Waals surface area contributed by atoms with Gasteiger partial charge in [0, 0.05) is 20.2 Å². The second-order valence-corrected chi connectivity index (χ2v) is 7.68. The Morgan fingerprint density at radius 3 is 2.57 bits per heavy atom. The molecular weight excluding hydrogens is 350 g/mol. The Labute approximate surface area is 147 Å². The molecule has 3 rings (SSSR count). The third-order valence-electron chi connectivity index (χ3n) is 3.24. The molecule has 0 spiro atoms. The molecule has 2 aromatic heterocycles. The lowest BCUT2D eigenvalue weighted by molar-refractivity contribution is -0.130. The predicted molar refractivity (Wildman–Crippen MR) is 96.9 cm³/mol. The average Bonchev–Trinajstić information content (AvgIpc) is 3.15. The van der Waals surface area contributed by atoms with Crippen LogP contribution >= 0.6 is 34.3 Å². The molecule has 0 bridgehead atoms. The van der Waals surface area contributed by atoms with Gasteiger partial charge in [-0.2, -0.15) is 0 Å². The normalized spacial score (nSPS) is 10.7. The summed E-state index contributed by atoms with van der Waals surface area (Å²) in [5.74, 6) is -0.169. The first kappa shape index (κ1) is 16.2. The Hall–Kier alpha value is -1.66. The lowest BCUT2D eigenvalue weighted by Gasteiger charge is -2.02. The van der Waals surface area contributed by atoms with E-state index in [1.807, 2.05) is 30.3 Å². The van der Waals surface area contributed by atoms with Crippen molar-refractivity contribution in [2.75, 3.05) is 7.11 Å². The van der Waals surface area contributed by atoms with Gasteiger partial charge in [-0.1, -0.05) is 41.9 Å². The number of rotatable bonds is 5. The standard InChI is InChI=1S/C17H14ClNO2S2/c1-21-19-17(20)10-15-12(13-7-8-16(18)23-13)9-14(22-15)11-5-3-2-4-6-11/h2-9H,10H2,1H3,(H,19,20). The monoisotopic (exact) mass is 363 g/mol. The number of carbonyl (C=O) groups is 1. The van der Waals surface area contributed by atoms with Gasteiger partial charge in [-0.05, 0) is 23.8 Å². The van der Waals surface area contributed by atoms with E-state index in [4.69, 9.17) is 16.4 Å². The van der Waals surface area contributed by atoms with Crippen LogP contribution in [-0.4, -0.2) is 13.0 Å². The van der Waals surface area contributed by atoms with Gasteiger partial charge in [0.15, 0.2) is 0 Å². The molecule has 0 saturated heterocycles. The third kappa shape index (κ3) is 3.82. The minimum absolute atomic E-state index is 0.169. The van der Waals surface area contributed by atoms with Crippen molar-refractivity contribution in [3.8, 4) is 20.9 Å². The van der Waals surface area contributed by atoms with Gasteiger partial charge in [0.2, 0.25) is 5.91 Å². The number of thiophene rings is 2. The maximum absolute atomic E-state index is 11.9. The van der Waals surface area contributed by atoms with Crippen LogP contribution < -0.4 is 5.48 Å². The Morgan fingerprint density at radius 2 is 1.91 bits per heavy atom. The molecule has 118 valence electrons. The molecule has 0 radical (unpaired) electrons. The molecule has 6 heteroatoms. The van der Waals surface area contributed by atoms with Gasteiger partial charge in [0.25, 0.3) is 0 Å². The van der Waals surface area contributed by atoms with Crippen LogP contribution in [0.4, 0.5) is 0 Å². The largest absolute Gasteiger partial charge is 0.277 e. The number of nitrogens with one attached hydrogen (secondary N) is 1. The van der Waals surface area contributed by atoms with E-state index >= 15 is 0 Å². The van der Waals surface area contributed by atoms with Crippen molar-refractivity contribution in [1.82, 2.24) is 5.48 Å². The lowest BCUT2D eigenvalue weighted by atomic mass is 10.1. The lowest BCUT2D eigenvalue weighted by Crippen LogP contribution is -2.23.